The molecule has 256 valence electrons. The molecule has 0 N–H and O–H groups in total. The SMILES string of the molecule is C#C[Si](C)(C)C.Cc1sc(C=O)cc1C1OCCc2ccc(Br)cc21.Cc1sc(C=O)cc1C1OCCc2ccc(C#C[Si](C)(C)C)cc21. The average molecular weight is 790 g/mol. The van der Waals surface area contributed by atoms with E-state index in [1.165, 1.54) is 44.9 Å². The number of benzene rings is 2. The molecular weight excluding hydrogens is 745 g/mol. The highest BCUT2D eigenvalue weighted by Crippen LogP contribution is 2.39. The number of ether oxygens (including phenoxy) is 2. The molecule has 4 nitrogen and oxygen atoms in total. The third-order valence-electron chi connectivity index (χ3n) is 7.89. The number of hydrogen-bond donors (Lipinski definition) is 0. The second kappa shape index (κ2) is 16.9. The second-order valence-corrected chi connectivity index (χ2v) is 27.2. The molecule has 2 unspecified atom stereocenters. The predicted molar refractivity (Wildman–Crippen MR) is 215 cm³/mol. The predicted octanol–water partition coefficient (Wildman–Crippen LogP) is 10.6. The summed E-state index contributed by atoms with van der Waals surface area (Å²) in [6.07, 6.45) is 8.68. The summed E-state index contributed by atoms with van der Waals surface area (Å²) in [5.41, 5.74) is 14.5. The highest BCUT2D eigenvalue weighted by molar-refractivity contribution is 9.10. The summed E-state index contributed by atoms with van der Waals surface area (Å²) in [6, 6.07) is 16.7. The lowest BCUT2D eigenvalue weighted by atomic mass is 9.91. The lowest BCUT2D eigenvalue weighted by Gasteiger charge is -2.26. The van der Waals surface area contributed by atoms with Crippen LogP contribution in [0.25, 0.3) is 0 Å². The van der Waals surface area contributed by atoms with Crippen molar-refractivity contribution in [2.45, 2.75) is 78.2 Å². The van der Waals surface area contributed by atoms with Gasteiger partial charge < -0.3 is 9.47 Å². The Morgan fingerprint density at radius 3 is 1.63 bits per heavy atom. The number of hydrogen-bond acceptors (Lipinski definition) is 6. The van der Waals surface area contributed by atoms with Gasteiger partial charge in [-0.15, -0.1) is 40.2 Å². The van der Waals surface area contributed by atoms with Crippen molar-refractivity contribution in [1.29, 1.82) is 0 Å². The molecule has 4 heterocycles. The summed E-state index contributed by atoms with van der Waals surface area (Å²) >= 11 is 6.58. The molecular formula is C40H45BrO4S2Si2. The molecule has 0 amide bonds. The minimum atomic E-state index is -1.40. The Kier molecular flexibility index (Phi) is 13.4. The number of carbonyl (C=O) groups excluding carboxylic acids is 2. The standard InChI is InChI=1S/C20H22O2SSi.C15H13BrO2S.C5H10Si/c1-14-18(12-17(13-21)23-14)20-19-11-15(8-10-24(2,3)4)5-6-16(19)7-9-22-20;1-9-13(7-12(8-17)19-9)15-14-6-11(16)3-2-10(14)4-5-18-15;1-5-6(2,3)4/h5-6,11-13,20H,7,9H2,1-4H3;2-3,6-8,15H,4-5H2,1H3;1H,2-4H3. The molecule has 0 radical (unpaired) electrons. The van der Waals surface area contributed by atoms with Crippen molar-refractivity contribution in [3.63, 3.8) is 0 Å². The van der Waals surface area contributed by atoms with Gasteiger partial charge in [-0.05, 0) is 96.5 Å². The Morgan fingerprint density at radius 2 is 1.20 bits per heavy atom. The van der Waals surface area contributed by atoms with Crippen LogP contribution in [0.3, 0.4) is 0 Å². The number of fused-ring (bicyclic) bond motifs is 2. The summed E-state index contributed by atoms with van der Waals surface area (Å²) in [5, 5.41) is 0. The second-order valence-electron chi connectivity index (χ2n) is 14.2. The fourth-order valence-corrected chi connectivity index (χ4v) is 8.03. The molecule has 0 fully saturated rings. The van der Waals surface area contributed by atoms with Crippen molar-refractivity contribution < 1.29 is 19.1 Å². The number of thiophene rings is 2. The first kappa shape index (κ1) is 38.9. The molecule has 6 rings (SSSR count). The topological polar surface area (TPSA) is 52.6 Å². The zero-order valence-electron chi connectivity index (χ0n) is 29.7. The van der Waals surface area contributed by atoms with E-state index in [1.54, 1.807) is 0 Å². The Labute approximate surface area is 310 Å². The zero-order chi connectivity index (χ0) is 35.9. The van der Waals surface area contributed by atoms with Crippen molar-refractivity contribution in [2.75, 3.05) is 13.2 Å². The molecule has 2 aromatic carbocycles. The maximum absolute atomic E-state index is 11.1. The van der Waals surface area contributed by atoms with E-state index in [-0.39, 0.29) is 12.2 Å². The van der Waals surface area contributed by atoms with Gasteiger partial charge in [0.25, 0.3) is 0 Å². The fourth-order valence-electron chi connectivity index (χ4n) is 5.39. The van der Waals surface area contributed by atoms with E-state index in [0.717, 1.165) is 72.7 Å². The monoisotopic (exact) mass is 788 g/mol. The van der Waals surface area contributed by atoms with Crippen LogP contribution in [0.4, 0.5) is 0 Å². The summed E-state index contributed by atoms with van der Waals surface area (Å²) in [6.45, 7) is 18.7. The van der Waals surface area contributed by atoms with Crippen molar-refractivity contribution in [3.8, 4) is 23.4 Å². The van der Waals surface area contributed by atoms with Crippen molar-refractivity contribution in [2.24, 2.45) is 0 Å². The van der Waals surface area contributed by atoms with Gasteiger partial charge in [0.05, 0.1) is 23.0 Å². The third-order valence-corrected chi connectivity index (χ3v) is 12.1. The van der Waals surface area contributed by atoms with E-state index < -0.39 is 16.1 Å². The lowest BCUT2D eigenvalue weighted by molar-refractivity contribution is 0.0696. The first-order chi connectivity index (χ1) is 23.1. The molecule has 9 heteroatoms. The number of aldehydes is 2. The molecule has 0 saturated heterocycles. The normalized spacial score (nSPS) is 16.6. The highest BCUT2D eigenvalue weighted by atomic mass is 79.9. The largest absolute Gasteiger partial charge is 0.368 e. The van der Waals surface area contributed by atoms with Crippen LogP contribution in [0.1, 0.15) is 80.2 Å². The van der Waals surface area contributed by atoms with E-state index in [4.69, 9.17) is 15.9 Å². The molecule has 0 bridgehead atoms. The van der Waals surface area contributed by atoms with Crippen LogP contribution >= 0.6 is 38.6 Å². The fraction of sp³-hybridized carbons (Fsp3) is 0.350. The van der Waals surface area contributed by atoms with Gasteiger partial charge in [-0.2, -0.15) is 0 Å². The van der Waals surface area contributed by atoms with Crippen LogP contribution in [-0.4, -0.2) is 41.9 Å². The van der Waals surface area contributed by atoms with E-state index >= 15 is 0 Å². The summed E-state index contributed by atoms with van der Waals surface area (Å²) in [7, 11) is -2.50. The van der Waals surface area contributed by atoms with Crippen LogP contribution in [-0.2, 0) is 22.3 Å². The number of terminal acetylenes is 1. The van der Waals surface area contributed by atoms with E-state index in [2.05, 4.69) is 116 Å². The molecule has 2 atom stereocenters. The Bertz CT molecular complexity index is 1910. The molecule has 0 aliphatic carbocycles. The number of halogens is 1. The average Bonchev–Trinajstić information content (AvgIpc) is 3.64. The van der Waals surface area contributed by atoms with Gasteiger partial charge in [-0.3, -0.25) is 9.59 Å². The van der Waals surface area contributed by atoms with E-state index in [1.807, 2.05) is 19.1 Å². The van der Waals surface area contributed by atoms with Crippen molar-refractivity contribution in [1.82, 2.24) is 0 Å². The minimum absolute atomic E-state index is 0.0498. The quantitative estimate of drug-likeness (QED) is 0.117. The molecule has 4 aromatic rings. The van der Waals surface area contributed by atoms with Crippen LogP contribution in [0.5, 0.6) is 0 Å². The maximum Gasteiger partial charge on any atom is 0.160 e. The van der Waals surface area contributed by atoms with Gasteiger partial charge in [0.15, 0.2) is 12.6 Å². The molecule has 2 aliphatic heterocycles. The highest BCUT2D eigenvalue weighted by Gasteiger charge is 2.27. The van der Waals surface area contributed by atoms with E-state index in [0.29, 0.717) is 6.61 Å². The number of rotatable bonds is 4. The van der Waals surface area contributed by atoms with Crippen LogP contribution < -0.4 is 0 Å². The Morgan fingerprint density at radius 1 is 0.735 bits per heavy atom. The van der Waals surface area contributed by atoms with Gasteiger partial charge in [0.2, 0.25) is 0 Å². The van der Waals surface area contributed by atoms with Gasteiger partial charge in [-0.25, -0.2) is 0 Å². The zero-order valence-corrected chi connectivity index (χ0v) is 34.9. The molecule has 0 spiro atoms. The summed E-state index contributed by atoms with van der Waals surface area (Å²) in [5.74, 6) is 3.34. The maximum atomic E-state index is 11.1. The Hall–Kier alpha value is -2.87. The van der Waals surface area contributed by atoms with Gasteiger partial charge in [-0.1, -0.05) is 73.3 Å². The number of carbonyl (C=O) groups is 2. The molecule has 0 saturated carbocycles. The Balaban J connectivity index is 0.000000193. The minimum Gasteiger partial charge on any atom is -0.368 e. The van der Waals surface area contributed by atoms with Crippen LogP contribution in [0, 0.1) is 37.3 Å². The van der Waals surface area contributed by atoms with Crippen LogP contribution in [0.15, 0.2) is 53.0 Å². The molecule has 49 heavy (non-hydrogen) atoms. The van der Waals surface area contributed by atoms with Crippen molar-refractivity contribution >= 4 is 67.3 Å². The first-order valence-electron chi connectivity index (χ1n) is 16.4. The van der Waals surface area contributed by atoms with Gasteiger partial charge >= 0.3 is 0 Å². The van der Waals surface area contributed by atoms with Crippen molar-refractivity contribution in [3.05, 3.63) is 111 Å². The third kappa shape index (κ3) is 10.8. The smallest absolute Gasteiger partial charge is 0.160 e. The number of aryl methyl sites for hydroxylation is 2. The first-order valence-corrected chi connectivity index (χ1v) is 25.8. The van der Waals surface area contributed by atoms with Gasteiger partial charge in [0, 0.05) is 19.8 Å². The molecule has 2 aliphatic rings. The molecule has 2 aromatic heterocycles. The summed E-state index contributed by atoms with van der Waals surface area (Å²) in [4.78, 5) is 25.8. The summed E-state index contributed by atoms with van der Waals surface area (Å²) < 4.78 is 13.1. The van der Waals surface area contributed by atoms with Gasteiger partial charge in [0.1, 0.15) is 28.4 Å². The van der Waals surface area contributed by atoms with E-state index in [9.17, 15) is 9.59 Å². The van der Waals surface area contributed by atoms with Crippen LogP contribution in [0.2, 0.25) is 39.3 Å². The lowest BCUT2D eigenvalue weighted by Crippen LogP contribution is -2.18.